The molecule has 0 bridgehead atoms. The molecule has 8 nitrogen and oxygen atoms in total. The highest BCUT2D eigenvalue weighted by molar-refractivity contribution is 7.90. The van der Waals surface area contributed by atoms with Crippen molar-refractivity contribution >= 4 is 26.0 Å². The van der Waals surface area contributed by atoms with Gasteiger partial charge in [-0.25, -0.2) is 21.6 Å². The number of carboxylic acid groups (broad SMARTS) is 1. The lowest BCUT2D eigenvalue weighted by molar-refractivity contribution is -0.138. The van der Waals surface area contributed by atoms with Crippen molar-refractivity contribution in [2.45, 2.75) is 22.8 Å². The van der Waals surface area contributed by atoms with Crippen LogP contribution in [0.1, 0.15) is 6.92 Å². The zero-order chi connectivity index (χ0) is 15.6. The Labute approximate surface area is 116 Å². The molecule has 0 saturated carbocycles. The summed E-state index contributed by atoms with van der Waals surface area (Å²) in [5, 5.41) is 8.66. The van der Waals surface area contributed by atoms with Crippen molar-refractivity contribution in [2.24, 2.45) is 0 Å². The van der Waals surface area contributed by atoms with Crippen LogP contribution >= 0.6 is 0 Å². The van der Waals surface area contributed by atoms with E-state index < -0.39 is 32.1 Å². The molecular formula is C10H14N2O6S2. The third kappa shape index (κ3) is 3.76. The number of benzene rings is 1. The molecule has 3 N–H and O–H groups in total. The second-order valence-electron chi connectivity index (χ2n) is 3.86. The molecule has 112 valence electrons. The van der Waals surface area contributed by atoms with Gasteiger partial charge in [-0.3, -0.25) is 4.79 Å². The zero-order valence-electron chi connectivity index (χ0n) is 10.7. The largest absolute Gasteiger partial charge is 0.480 e. The summed E-state index contributed by atoms with van der Waals surface area (Å²) in [5.41, 5.74) is 0. The summed E-state index contributed by atoms with van der Waals surface area (Å²) < 4.78 is 50.7. The van der Waals surface area contributed by atoms with Crippen LogP contribution in [-0.4, -0.2) is 41.0 Å². The summed E-state index contributed by atoms with van der Waals surface area (Å²) in [6.07, 6.45) is 0. The number of rotatable bonds is 6. The number of carbonyl (C=O) groups is 1. The molecule has 0 aliphatic heterocycles. The lowest BCUT2D eigenvalue weighted by atomic mass is 10.4. The summed E-state index contributed by atoms with van der Waals surface area (Å²) in [6, 6.07) is 3.11. The molecule has 1 aromatic rings. The highest BCUT2D eigenvalue weighted by atomic mass is 32.2. The minimum absolute atomic E-state index is 0.0924. The first-order chi connectivity index (χ1) is 9.10. The van der Waals surface area contributed by atoms with Crippen molar-refractivity contribution in [3.05, 3.63) is 24.3 Å². The van der Waals surface area contributed by atoms with Crippen LogP contribution in [0.5, 0.6) is 0 Å². The van der Waals surface area contributed by atoms with E-state index in [2.05, 4.69) is 4.72 Å². The smallest absolute Gasteiger partial charge is 0.321 e. The molecule has 20 heavy (non-hydrogen) atoms. The first-order valence-electron chi connectivity index (χ1n) is 5.39. The number of hydrogen-bond donors (Lipinski definition) is 3. The fourth-order valence-corrected chi connectivity index (χ4v) is 3.19. The Kier molecular flexibility index (Phi) is 4.86. The standard InChI is InChI=1S/C10H14N2O6S2/c1-7(10(13)14)12-20(17,18)9-5-3-8(4-6-9)19(15,16)11-2/h3-7,11-12H,1-2H3,(H,13,14)/t7-/m0/s1. The molecule has 0 heterocycles. The predicted molar refractivity (Wildman–Crippen MR) is 70.1 cm³/mol. The molecule has 0 radical (unpaired) electrons. The van der Waals surface area contributed by atoms with Gasteiger partial charge in [-0.1, -0.05) is 0 Å². The monoisotopic (exact) mass is 322 g/mol. The highest BCUT2D eigenvalue weighted by Gasteiger charge is 2.22. The summed E-state index contributed by atoms with van der Waals surface area (Å²) >= 11 is 0. The average molecular weight is 322 g/mol. The van der Waals surface area contributed by atoms with Gasteiger partial charge in [-0.15, -0.1) is 0 Å². The van der Waals surface area contributed by atoms with Crippen LogP contribution in [0.25, 0.3) is 0 Å². The maximum absolute atomic E-state index is 11.8. The van der Waals surface area contributed by atoms with Gasteiger partial charge in [0.2, 0.25) is 20.0 Å². The predicted octanol–water partition coefficient (Wildman–Crippen LogP) is -0.654. The molecule has 10 heteroatoms. The third-order valence-corrected chi connectivity index (χ3v) is 5.40. The Morgan fingerprint density at radius 1 is 1.05 bits per heavy atom. The van der Waals surface area contributed by atoms with Gasteiger partial charge in [0, 0.05) is 0 Å². The number of nitrogens with one attached hydrogen (secondary N) is 2. The van der Waals surface area contributed by atoms with Crippen LogP contribution in [0.4, 0.5) is 0 Å². The van der Waals surface area contributed by atoms with Crippen molar-refractivity contribution in [3.8, 4) is 0 Å². The average Bonchev–Trinajstić information content (AvgIpc) is 2.38. The first-order valence-corrected chi connectivity index (χ1v) is 8.35. The maximum atomic E-state index is 11.8. The van der Waals surface area contributed by atoms with Crippen LogP contribution < -0.4 is 9.44 Å². The second-order valence-corrected chi connectivity index (χ2v) is 7.46. The van der Waals surface area contributed by atoms with Gasteiger partial charge >= 0.3 is 5.97 Å². The van der Waals surface area contributed by atoms with E-state index in [-0.39, 0.29) is 9.79 Å². The molecule has 0 spiro atoms. The van der Waals surface area contributed by atoms with E-state index >= 15 is 0 Å². The summed E-state index contributed by atoms with van der Waals surface area (Å²) in [5.74, 6) is -1.32. The van der Waals surface area contributed by atoms with Crippen molar-refractivity contribution in [3.63, 3.8) is 0 Å². The van der Waals surface area contributed by atoms with Crippen LogP contribution in [0.15, 0.2) is 34.1 Å². The summed E-state index contributed by atoms with van der Waals surface area (Å²) in [4.78, 5) is 10.3. The van der Waals surface area contributed by atoms with Gasteiger partial charge in [0.1, 0.15) is 6.04 Å². The van der Waals surface area contributed by atoms with Gasteiger partial charge in [0.25, 0.3) is 0 Å². The number of aliphatic carboxylic acids is 1. The third-order valence-electron chi connectivity index (χ3n) is 2.42. The maximum Gasteiger partial charge on any atom is 0.321 e. The Morgan fingerprint density at radius 2 is 1.45 bits per heavy atom. The normalized spacial score (nSPS) is 13.9. The quantitative estimate of drug-likeness (QED) is 0.638. The minimum Gasteiger partial charge on any atom is -0.480 e. The molecule has 1 atom stereocenters. The van der Waals surface area contributed by atoms with E-state index in [0.29, 0.717) is 0 Å². The molecule has 0 aliphatic carbocycles. The molecule has 1 rings (SSSR count). The van der Waals surface area contributed by atoms with Gasteiger partial charge in [-0.05, 0) is 38.2 Å². The van der Waals surface area contributed by atoms with Crippen molar-refractivity contribution < 1.29 is 26.7 Å². The molecule has 0 fully saturated rings. The Hall–Kier alpha value is -1.49. The first kappa shape index (κ1) is 16.6. The highest BCUT2D eigenvalue weighted by Crippen LogP contribution is 2.14. The zero-order valence-corrected chi connectivity index (χ0v) is 12.3. The van der Waals surface area contributed by atoms with Crippen molar-refractivity contribution in [1.82, 2.24) is 9.44 Å². The van der Waals surface area contributed by atoms with Gasteiger partial charge in [0.15, 0.2) is 0 Å². The second kappa shape index (κ2) is 5.87. The lowest BCUT2D eigenvalue weighted by Gasteiger charge is -2.10. The molecule has 1 aromatic carbocycles. The van der Waals surface area contributed by atoms with Crippen LogP contribution in [0, 0.1) is 0 Å². The van der Waals surface area contributed by atoms with Crippen molar-refractivity contribution in [2.75, 3.05) is 7.05 Å². The fourth-order valence-electron chi connectivity index (χ4n) is 1.27. The number of carboxylic acids is 1. The molecule has 0 amide bonds. The Balaban J connectivity index is 3.08. The summed E-state index contributed by atoms with van der Waals surface area (Å²) in [6.45, 7) is 1.18. The van der Waals surface area contributed by atoms with Gasteiger partial charge in [0.05, 0.1) is 9.79 Å². The van der Waals surface area contributed by atoms with E-state index in [1.807, 2.05) is 4.72 Å². The van der Waals surface area contributed by atoms with E-state index in [1.54, 1.807) is 0 Å². The fraction of sp³-hybridized carbons (Fsp3) is 0.300. The molecule has 0 unspecified atom stereocenters. The molecule has 0 saturated heterocycles. The lowest BCUT2D eigenvalue weighted by Crippen LogP contribution is -2.38. The minimum atomic E-state index is -4.02. The van der Waals surface area contributed by atoms with E-state index in [0.717, 1.165) is 24.3 Å². The Morgan fingerprint density at radius 3 is 1.80 bits per heavy atom. The Bertz CT molecular complexity index is 694. The van der Waals surface area contributed by atoms with E-state index in [9.17, 15) is 21.6 Å². The molecule has 0 aromatic heterocycles. The van der Waals surface area contributed by atoms with Gasteiger partial charge in [-0.2, -0.15) is 4.72 Å². The molecular weight excluding hydrogens is 308 g/mol. The SMILES string of the molecule is CNS(=O)(=O)c1ccc(S(=O)(=O)N[C@@H](C)C(=O)O)cc1. The number of hydrogen-bond acceptors (Lipinski definition) is 5. The van der Waals surface area contributed by atoms with Gasteiger partial charge < -0.3 is 5.11 Å². The van der Waals surface area contributed by atoms with E-state index in [4.69, 9.17) is 5.11 Å². The van der Waals surface area contributed by atoms with Crippen molar-refractivity contribution in [1.29, 1.82) is 0 Å². The van der Waals surface area contributed by atoms with E-state index in [1.165, 1.54) is 14.0 Å². The topological polar surface area (TPSA) is 130 Å². The summed E-state index contributed by atoms with van der Waals surface area (Å²) in [7, 11) is -6.44. The van der Waals surface area contributed by atoms with Crippen LogP contribution in [0.3, 0.4) is 0 Å². The molecule has 0 aliphatic rings. The van der Waals surface area contributed by atoms with Crippen LogP contribution in [0.2, 0.25) is 0 Å². The number of sulfonamides is 2. The van der Waals surface area contributed by atoms with Crippen LogP contribution in [-0.2, 0) is 24.8 Å².